The SMILES string of the molecule is CC=CCOc1ccc(-c2ccc3cc(OCC)c(F)c(F)c3c2)cc1. The first-order valence-electron chi connectivity index (χ1n) is 8.53. The number of allylic oxidation sites excluding steroid dienone is 1. The molecule has 0 unspecified atom stereocenters. The molecule has 0 heterocycles. The van der Waals surface area contributed by atoms with E-state index < -0.39 is 11.6 Å². The summed E-state index contributed by atoms with van der Waals surface area (Å²) in [6.07, 6.45) is 3.85. The molecule has 0 saturated heterocycles. The molecule has 0 fully saturated rings. The average Bonchev–Trinajstić information content (AvgIpc) is 2.67. The van der Waals surface area contributed by atoms with Crippen LogP contribution in [-0.2, 0) is 0 Å². The van der Waals surface area contributed by atoms with Gasteiger partial charge in [-0.15, -0.1) is 0 Å². The Balaban J connectivity index is 1.93. The minimum atomic E-state index is -0.954. The topological polar surface area (TPSA) is 18.5 Å². The van der Waals surface area contributed by atoms with Crippen molar-refractivity contribution >= 4 is 10.8 Å². The highest BCUT2D eigenvalue weighted by Crippen LogP contribution is 2.32. The van der Waals surface area contributed by atoms with Crippen LogP contribution in [-0.4, -0.2) is 13.2 Å². The van der Waals surface area contributed by atoms with Crippen molar-refractivity contribution in [2.75, 3.05) is 13.2 Å². The molecule has 0 N–H and O–H groups in total. The van der Waals surface area contributed by atoms with Gasteiger partial charge in [-0.3, -0.25) is 0 Å². The molecule has 3 aromatic rings. The van der Waals surface area contributed by atoms with Crippen molar-refractivity contribution in [3.63, 3.8) is 0 Å². The predicted molar refractivity (Wildman–Crippen MR) is 101 cm³/mol. The molecule has 2 nitrogen and oxygen atoms in total. The number of fused-ring (bicyclic) bond motifs is 1. The zero-order valence-electron chi connectivity index (χ0n) is 14.8. The van der Waals surface area contributed by atoms with E-state index in [0.717, 1.165) is 16.9 Å². The highest BCUT2D eigenvalue weighted by atomic mass is 19.2. The lowest BCUT2D eigenvalue weighted by Crippen LogP contribution is -1.98. The monoisotopic (exact) mass is 354 g/mol. The van der Waals surface area contributed by atoms with E-state index in [1.54, 1.807) is 19.1 Å². The number of benzene rings is 3. The Labute approximate surface area is 151 Å². The van der Waals surface area contributed by atoms with Crippen LogP contribution in [0.4, 0.5) is 8.78 Å². The van der Waals surface area contributed by atoms with E-state index >= 15 is 0 Å². The lowest BCUT2D eigenvalue weighted by atomic mass is 10.0. The molecule has 0 radical (unpaired) electrons. The van der Waals surface area contributed by atoms with Gasteiger partial charge in [0, 0.05) is 5.39 Å². The van der Waals surface area contributed by atoms with Crippen LogP contribution in [0.25, 0.3) is 21.9 Å². The van der Waals surface area contributed by atoms with E-state index in [1.807, 2.05) is 49.4 Å². The van der Waals surface area contributed by atoms with Crippen LogP contribution in [0.1, 0.15) is 13.8 Å². The van der Waals surface area contributed by atoms with E-state index in [2.05, 4.69) is 0 Å². The van der Waals surface area contributed by atoms with Gasteiger partial charge in [0.2, 0.25) is 5.82 Å². The van der Waals surface area contributed by atoms with Gasteiger partial charge < -0.3 is 9.47 Å². The Morgan fingerprint density at radius 2 is 1.62 bits per heavy atom. The van der Waals surface area contributed by atoms with Crippen molar-refractivity contribution < 1.29 is 18.3 Å². The third-order valence-corrected chi connectivity index (χ3v) is 4.05. The zero-order chi connectivity index (χ0) is 18.5. The Kier molecular flexibility index (Phi) is 5.52. The third-order valence-electron chi connectivity index (χ3n) is 4.05. The van der Waals surface area contributed by atoms with Crippen molar-refractivity contribution in [1.29, 1.82) is 0 Å². The first kappa shape index (κ1) is 17.9. The molecule has 0 aromatic heterocycles. The van der Waals surface area contributed by atoms with Crippen LogP contribution in [0.3, 0.4) is 0 Å². The van der Waals surface area contributed by atoms with Crippen LogP contribution in [0.15, 0.2) is 60.7 Å². The van der Waals surface area contributed by atoms with Crippen LogP contribution >= 0.6 is 0 Å². The van der Waals surface area contributed by atoms with E-state index in [4.69, 9.17) is 9.47 Å². The highest BCUT2D eigenvalue weighted by Gasteiger charge is 2.15. The summed E-state index contributed by atoms with van der Waals surface area (Å²) >= 11 is 0. The summed E-state index contributed by atoms with van der Waals surface area (Å²) in [5.41, 5.74) is 1.71. The summed E-state index contributed by atoms with van der Waals surface area (Å²) in [6.45, 7) is 4.46. The number of hydrogen-bond acceptors (Lipinski definition) is 2. The van der Waals surface area contributed by atoms with Gasteiger partial charge in [0.1, 0.15) is 12.4 Å². The lowest BCUT2D eigenvalue weighted by molar-refractivity contribution is 0.315. The number of halogens is 2. The molecular weight excluding hydrogens is 334 g/mol. The summed E-state index contributed by atoms with van der Waals surface area (Å²) in [7, 11) is 0. The molecule has 4 heteroatoms. The number of rotatable bonds is 6. The maximum Gasteiger partial charge on any atom is 0.201 e. The molecule has 0 aliphatic heterocycles. The smallest absolute Gasteiger partial charge is 0.201 e. The molecule has 0 aliphatic carbocycles. The molecule has 3 rings (SSSR count). The summed E-state index contributed by atoms with van der Waals surface area (Å²) in [5.74, 6) is -1.15. The Morgan fingerprint density at radius 3 is 2.31 bits per heavy atom. The molecule has 3 aromatic carbocycles. The fraction of sp³-hybridized carbons (Fsp3) is 0.182. The molecule has 0 saturated carbocycles. The third kappa shape index (κ3) is 3.69. The maximum absolute atomic E-state index is 14.4. The molecule has 0 bridgehead atoms. The Morgan fingerprint density at radius 1 is 0.885 bits per heavy atom. The van der Waals surface area contributed by atoms with E-state index in [0.29, 0.717) is 12.0 Å². The first-order chi connectivity index (χ1) is 12.6. The van der Waals surface area contributed by atoms with Gasteiger partial charge in [0.05, 0.1) is 6.61 Å². The molecule has 0 spiro atoms. The lowest BCUT2D eigenvalue weighted by Gasteiger charge is -2.10. The standard InChI is InChI=1S/C22H20F2O2/c1-3-5-12-26-18-10-8-15(9-11-18)16-6-7-17-14-20(25-4-2)22(24)21(23)19(17)13-16/h3,5-11,13-14H,4,12H2,1-2H3. The van der Waals surface area contributed by atoms with Crippen molar-refractivity contribution in [2.24, 2.45) is 0 Å². The van der Waals surface area contributed by atoms with Crippen LogP contribution in [0.5, 0.6) is 11.5 Å². The van der Waals surface area contributed by atoms with Crippen molar-refractivity contribution in [3.8, 4) is 22.6 Å². The van der Waals surface area contributed by atoms with E-state index in [-0.39, 0.29) is 17.7 Å². The summed E-state index contributed by atoms with van der Waals surface area (Å²) < 4.78 is 39.3. The molecular formula is C22H20F2O2. The second kappa shape index (κ2) is 8.00. The minimum Gasteiger partial charge on any atom is -0.491 e. The normalized spacial score (nSPS) is 11.2. The zero-order valence-corrected chi connectivity index (χ0v) is 14.8. The molecule has 134 valence electrons. The van der Waals surface area contributed by atoms with Gasteiger partial charge in [-0.2, -0.15) is 4.39 Å². The summed E-state index contributed by atoms with van der Waals surface area (Å²) in [4.78, 5) is 0. The molecule has 0 aliphatic rings. The van der Waals surface area contributed by atoms with Gasteiger partial charge in [-0.05, 0) is 54.6 Å². The number of hydrogen-bond donors (Lipinski definition) is 0. The van der Waals surface area contributed by atoms with E-state index in [1.165, 1.54) is 6.07 Å². The summed E-state index contributed by atoms with van der Waals surface area (Å²) in [6, 6.07) is 14.3. The van der Waals surface area contributed by atoms with Crippen molar-refractivity contribution in [1.82, 2.24) is 0 Å². The minimum absolute atomic E-state index is 0.0621. The van der Waals surface area contributed by atoms with Gasteiger partial charge in [0.15, 0.2) is 11.6 Å². The molecule has 26 heavy (non-hydrogen) atoms. The predicted octanol–water partition coefficient (Wildman–Crippen LogP) is 6.14. The quantitative estimate of drug-likeness (QED) is 0.495. The largest absolute Gasteiger partial charge is 0.491 e. The fourth-order valence-electron chi connectivity index (χ4n) is 2.73. The first-order valence-corrected chi connectivity index (χ1v) is 8.53. The second-order valence-electron chi connectivity index (χ2n) is 5.78. The number of ether oxygens (including phenoxy) is 2. The fourth-order valence-corrected chi connectivity index (χ4v) is 2.73. The maximum atomic E-state index is 14.4. The Hall–Kier alpha value is -2.88. The summed E-state index contributed by atoms with van der Waals surface area (Å²) in [5, 5.41) is 0.833. The van der Waals surface area contributed by atoms with Gasteiger partial charge in [0.25, 0.3) is 0 Å². The van der Waals surface area contributed by atoms with Gasteiger partial charge >= 0.3 is 0 Å². The van der Waals surface area contributed by atoms with Gasteiger partial charge in [-0.25, -0.2) is 4.39 Å². The second-order valence-corrected chi connectivity index (χ2v) is 5.78. The van der Waals surface area contributed by atoms with Crippen LogP contribution < -0.4 is 9.47 Å². The highest BCUT2D eigenvalue weighted by molar-refractivity contribution is 5.89. The van der Waals surface area contributed by atoms with Crippen molar-refractivity contribution in [2.45, 2.75) is 13.8 Å². The average molecular weight is 354 g/mol. The molecule has 0 amide bonds. The molecule has 0 atom stereocenters. The van der Waals surface area contributed by atoms with Crippen molar-refractivity contribution in [3.05, 3.63) is 72.3 Å². The Bertz CT molecular complexity index is 931. The van der Waals surface area contributed by atoms with Crippen LogP contribution in [0, 0.1) is 11.6 Å². The van der Waals surface area contributed by atoms with E-state index in [9.17, 15) is 8.78 Å². The van der Waals surface area contributed by atoms with Gasteiger partial charge in [-0.1, -0.05) is 36.4 Å². The van der Waals surface area contributed by atoms with Crippen LogP contribution in [0.2, 0.25) is 0 Å².